The number of hydrogen-bond acceptors (Lipinski definition) is 6. The Morgan fingerprint density at radius 1 is 1.56 bits per heavy atom. The maximum absolute atomic E-state index is 6.10. The van der Waals surface area contributed by atoms with Gasteiger partial charge in [-0.25, -0.2) is 0 Å². The first-order chi connectivity index (χ1) is 8.62. The highest BCUT2D eigenvalue weighted by molar-refractivity contribution is 7.07. The molecule has 2 aromatic heterocycles. The summed E-state index contributed by atoms with van der Waals surface area (Å²) in [5, 5.41) is 8.02. The summed E-state index contributed by atoms with van der Waals surface area (Å²) in [5.41, 5.74) is 6.55. The van der Waals surface area contributed by atoms with Gasteiger partial charge in [0.05, 0.1) is 13.0 Å². The van der Waals surface area contributed by atoms with Crippen LogP contribution in [0.2, 0.25) is 0 Å². The highest BCUT2D eigenvalue weighted by Crippen LogP contribution is 2.17. The van der Waals surface area contributed by atoms with E-state index in [0.717, 1.165) is 0 Å². The SMILES string of the molecule is CCOCC(C)(N)c1noc(Cc2ccsc2)n1. The van der Waals surface area contributed by atoms with Crippen LogP contribution in [0.3, 0.4) is 0 Å². The van der Waals surface area contributed by atoms with Gasteiger partial charge in [-0.1, -0.05) is 5.16 Å². The van der Waals surface area contributed by atoms with Crippen LogP contribution in [0.25, 0.3) is 0 Å². The quantitative estimate of drug-likeness (QED) is 0.865. The third kappa shape index (κ3) is 3.16. The van der Waals surface area contributed by atoms with E-state index in [2.05, 4.69) is 15.5 Å². The van der Waals surface area contributed by atoms with Crippen molar-refractivity contribution in [3.63, 3.8) is 0 Å². The van der Waals surface area contributed by atoms with Crippen LogP contribution in [-0.4, -0.2) is 23.4 Å². The van der Waals surface area contributed by atoms with Gasteiger partial charge in [0, 0.05) is 6.61 Å². The van der Waals surface area contributed by atoms with E-state index >= 15 is 0 Å². The predicted octanol–water partition coefficient (Wildman–Crippen LogP) is 1.93. The van der Waals surface area contributed by atoms with Gasteiger partial charge in [-0.05, 0) is 36.2 Å². The molecule has 1 unspecified atom stereocenters. The molecule has 2 rings (SSSR count). The Morgan fingerprint density at radius 2 is 2.39 bits per heavy atom. The second kappa shape index (κ2) is 5.60. The molecule has 2 N–H and O–H groups in total. The molecule has 0 fully saturated rings. The second-order valence-electron chi connectivity index (χ2n) is 4.37. The van der Waals surface area contributed by atoms with Crippen molar-refractivity contribution < 1.29 is 9.26 Å². The summed E-state index contributed by atoms with van der Waals surface area (Å²) in [7, 11) is 0. The minimum atomic E-state index is -0.716. The molecule has 0 bridgehead atoms. The summed E-state index contributed by atoms with van der Waals surface area (Å²) in [6.07, 6.45) is 0.640. The van der Waals surface area contributed by atoms with Gasteiger partial charge >= 0.3 is 0 Å². The highest BCUT2D eigenvalue weighted by atomic mass is 32.1. The molecule has 0 aliphatic rings. The van der Waals surface area contributed by atoms with Gasteiger partial charge in [0.25, 0.3) is 0 Å². The van der Waals surface area contributed by atoms with Crippen molar-refractivity contribution >= 4 is 11.3 Å². The van der Waals surface area contributed by atoms with Gasteiger partial charge < -0.3 is 15.0 Å². The van der Waals surface area contributed by atoms with E-state index in [9.17, 15) is 0 Å². The number of rotatable bonds is 6. The van der Waals surface area contributed by atoms with Crippen LogP contribution < -0.4 is 5.73 Å². The van der Waals surface area contributed by atoms with Crippen molar-refractivity contribution in [1.82, 2.24) is 10.1 Å². The van der Waals surface area contributed by atoms with Gasteiger partial charge in [0.2, 0.25) is 5.89 Å². The molecule has 2 aromatic rings. The van der Waals surface area contributed by atoms with Crippen molar-refractivity contribution in [3.8, 4) is 0 Å². The first-order valence-corrected chi connectivity index (χ1v) is 6.77. The summed E-state index contributed by atoms with van der Waals surface area (Å²) in [5.74, 6) is 1.07. The zero-order chi connectivity index (χ0) is 13.0. The lowest BCUT2D eigenvalue weighted by atomic mass is 10.1. The fraction of sp³-hybridized carbons (Fsp3) is 0.500. The molecule has 0 aliphatic heterocycles. The summed E-state index contributed by atoms with van der Waals surface area (Å²) in [6.45, 7) is 4.75. The molecule has 6 heteroatoms. The summed E-state index contributed by atoms with van der Waals surface area (Å²) < 4.78 is 10.5. The smallest absolute Gasteiger partial charge is 0.231 e. The first kappa shape index (κ1) is 13.2. The van der Waals surface area contributed by atoms with Crippen LogP contribution in [0.1, 0.15) is 31.1 Å². The van der Waals surface area contributed by atoms with E-state index in [-0.39, 0.29) is 0 Å². The van der Waals surface area contributed by atoms with Crippen LogP contribution in [0, 0.1) is 0 Å². The Morgan fingerprint density at radius 3 is 3.06 bits per heavy atom. The molecule has 2 heterocycles. The zero-order valence-corrected chi connectivity index (χ0v) is 11.4. The third-order valence-electron chi connectivity index (χ3n) is 2.52. The Kier molecular flexibility index (Phi) is 4.11. The van der Waals surface area contributed by atoms with Gasteiger partial charge in [-0.15, -0.1) is 0 Å². The first-order valence-electron chi connectivity index (χ1n) is 5.82. The maximum atomic E-state index is 6.10. The van der Waals surface area contributed by atoms with E-state index in [1.807, 2.05) is 25.3 Å². The van der Waals surface area contributed by atoms with E-state index in [1.54, 1.807) is 11.3 Å². The molecular weight excluding hydrogens is 250 g/mol. The van der Waals surface area contributed by atoms with E-state index in [4.69, 9.17) is 15.0 Å². The lowest BCUT2D eigenvalue weighted by Gasteiger charge is -2.19. The topological polar surface area (TPSA) is 74.2 Å². The van der Waals surface area contributed by atoms with Crippen molar-refractivity contribution in [1.29, 1.82) is 0 Å². The van der Waals surface area contributed by atoms with Crippen LogP contribution in [0.15, 0.2) is 21.3 Å². The summed E-state index contributed by atoms with van der Waals surface area (Å²) in [4.78, 5) is 4.33. The van der Waals surface area contributed by atoms with Crippen LogP contribution in [0.4, 0.5) is 0 Å². The van der Waals surface area contributed by atoms with Crippen LogP contribution in [0.5, 0.6) is 0 Å². The van der Waals surface area contributed by atoms with E-state index in [0.29, 0.717) is 31.3 Å². The number of nitrogens with zero attached hydrogens (tertiary/aromatic N) is 2. The standard InChI is InChI=1S/C12H17N3O2S/c1-3-16-8-12(2,13)11-14-10(17-15-11)6-9-4-5-18-7-9/h4-5,7H,3,6,8,13H2,1-2H3. The fourth-order valence-corrected chi connectivity index (χ4v) is 2.17. The fourth-order valence-electron chi connectivity index (χ4n) is 1.51. The van der Waals surface area contributed by atoms with Crippen molar-refractivity contribution in [3.05, 3.63) is 34.1 Å². The predicted molar refractivity (Wildman–Crippen MR) is 69.5 cm³/mol. The number of hydrogen-bond donors (Lipinski definition) is 1. The van der Waals surface area contributed by atoms with Gasteiger partial charge in [0.1, 0.15) is 5.54 Å². The Balaban J connectivity index is 2.05. The number of thiophene rings is 1. The highest BCUT2D eigenvalue weighted by Gasteiger charge is 2.27. The van der Waals surface area contributed by atoms with E-state index < -0.39 is 5.54 Å². The van der Waals surface area contributed by atoms with Crippen molar-refractivity contribution in [2.45, 2.75) is 25.8 Å². The van der Waals surface area contributed by atoms with Gasteiger partial charge in [-0.2, -0.15) is 16.3 Å². The average molecular weight is 267 g/mol. The summed E-state index contributed by atoms with van der Waals surface area (Å²) in [6, 6.07) is 2.04. The Hall–Kier alpha value is -1.24. The Labute approximate surface area is 110 Å². The molecule has 98 valence electrons. The van der Waals surface area contributed by atoms with Gasteiger partial charge in [0.15, 0.2) is 5.82 Å². The molecule has 0 spiro atoms. The maximum Gasteiger partial charge on any atom is 0.231 e. The van der Waals surface area contributed by atoms with Gasteiger partial charge in [-0.3, -0.25) is 0 Å². The number of aromatic nitrogens is 2. The van der Waals surface area contributed by atoms with E-state index in [1.165, 1.54) is 5.56 Å². The largest absolute Gasteiger partial charge is 0.379 e. The molecule has 18 heavy (non-hydrogen) atoms. The molecule has 5 nitrogen and oxygen atoms in total. The monoisotopic (exact) mass is 267 g/mol. The molecule has 1 atom stereocenters. The number of ether oxygens (including phenoxy) is 1. The molecular formula is C12H17N3O2S. The normalized spacial score (nSPS) is 14.6. The second-order valence-corrected chi connectivity index (χ2v) is 5.15. The van der Waals surface area contributed by atoms with Crippen LogP contribution in [-0.2, 0) is 16.7 Å². The minimum Gasteiger partial charge on any atom is -0.379 e. The molecule has 0 aliphatic carbocycles. The average Bonchev–Trinajstić information content (AvgIpc) is 2.98. The van der Waals surface area contributed by atoms with Crippen molar-refractivity contribution in [2.24, 2.45) is 5.73 Å². The Bertz CT molecular complexity index is 479. The minimum absolute atomic E-state index is 0.376. The molecule has 0 saturated heterocycles. The molecule has 0 amide bonds. The summed E-state index contributed by atoms with van der Waals surface area (Å²) >= 11 is 1.65. The zero-order valence-electron chi connectivity index (χ0n) is 10.5. The lowest BCUT2D eigenvalue weighted by molar-refractivity contribution is 0.0962. The van der Waals surface area contributed by atoms with Crippen LogP contribution >= 0.6 is 11.3 Å². The molecule has 0 saturated carbocycles. The number of nitrogens with two attached hydrogens (primary N) is 1. The molecule has 0 aromatic carbocycles. The lowest BCUT2D eigenvalue weighted by Crippen LogP contribution is -2.39. The van der Waals surface area contributed by atoms with Crippen molar-refractivity contribution in [2.75, 3.05) is 13.2 Å². The third-order valence-corrected chi connectivity index (χ3v) is 3.25. The molecule has 0 radical (unpaired) electrons.